The molecule has 2 heterocycles. The van der Waals surface area contributed by atoms with Crippen LogP contribution in [0.3, 0.4) is 0 Å². The second kappa shape index (κ2) is 5.12. The molecule has 1 fully saturated rings. The van der Waals surface area contributed by atoms with Crippen molar-refractivity contribution in [2.75, 3.05) is 32.1 Å². The van der Waals surface area contributed by atoms with Crippen LogP contribution in [0, 0.1) is 0 Å². The van der Waals surface area contributed by atoms with Crippen LogP contribution in [-0.4, -0.2) is 48.2 Å². The number of aliphatic hydroxyl groups excluding tert-OH is 1. The number of anilines is 1. The average molecular weight is 241 g/mol. The molecule has 1 saturated heterocycles. The molecule has 1 unspecified atom stereocenters. The molecule has 2 rings (SSSR count). The summed E-state index contributed by atoms with van der Waals surface area (Å²) in [6, 6.07) is 0.645. The number of aliphatic hydroxyl groups is 1. The number of hydrogen-bond donors (Lipinski definition) is 1. The maximum absolute atomic E-state index is 9.00. The van der Waals surface area contributed by atoms with Crippen molar-refractivity contribution in [2.24, 2.45) is 0 Å². The van der Waals surface area contributed by atoms with Gasteiger partial charge in [-0.2, -0.15) is 0 Å². The van der Waals surface area contributed by atoms with Crippen molar-refractivity contribution in [3.63, 3.8) is 0 Å². The molecule has 0 aromatic carbocycles. The number of hydrogen-bond acceptors (Lipinski definition) is 5. The molecule has 1 atom stereocenters. The van der Waals surface area contributed by atoms with E-state index in [4.69, 9.17) is 5.11 Å². The van der Waals surface area contributed by atoms with Gasteiger partial charge in [0.05, 0.1) is 11.5 Å². The Hall–Kier alpha value is -0.650. The normalized spacial score (nSPS) is 21.6. The Bertz CT molecular complexity index is 342. The number of thiazole rings is 1. The van der Waals surface area contributed by atoms with Gasteiger partial charge in [0.15, 0.2) is 5.13 Å². The molecule has 4 nitrogen and oxygen atoms in total. The lowest BCUT2D eigenvalue weighted by molar-refractivity contribution is 0.285. The molecule has 0 spiro atoms. The molecule has 0 radical (unpaired) electrons. The molecule has 0 bridgehead atoms. The summed E-state index contributed by atoms with van der Waals surface area (Å²) in [6.45, 7) is 2.32. The van der Waals surface area contributed by atoms with E-state index >= 15 is 0 Å². The lowest BCUT2D eigenvalue weighted by Gasteiger charge is -2.25. The van der Waals surface area contributed by atoms with Gasteiger partial charge in [0.2, 0.25) is 0 Å². The first kappa shape index (κ1) is 11.8. The minimum absolute atomic E-state index is 0.0921. The van der Waals surface area contributed by atoms with Crippen LogP contribution in [0.4, 0.5) is 5.13 Å². The van der Waals surface area contributed by atoms with Crippen molar-refractivity contribution >= 4 is 16.5 Å². The summed E-state index contributed by atoms with van der Waals surface area (Å²) >= 11 is 1.57. The summed E-state index contributed by atoms with van der Waals surface area (Å²) in [6.07, 6.45) is 4.34. The van der Waals surface area contributed by atoms with Crippen molar-refractivity contribution in [1.29, 1.82) is 0 Å². The van der Waals surface area contributed by atoms with Gasteiger partial charge in [0, 0.05) is 25.8 Å². The highest BCUT2D eigenvalue weighted by atomic mass is 32.1. The summed E-state index contributed by atoms with van der Waals surface area (Å²) in [5.74, 6) is 0. The topological polar surface area (TPSA) is 39.6 Å². The van der Waals surface area contributed by atoms with E-state index in [1.54, 1.807) is 17.5 Å². The van der Waals surface area contributed by atoms with E-state index in [1.165, 1.54) is 19.4 Å². The van der Waals surface area contributed by atoms with Crippen LogP contribution >= 0.6 is 11.3 Å². The first-order valence-electron chi connectivity index (χ1n) is 5.67. The quantitative estimate of drug-likeness (QED) is 0.859. The first-order valence-corrected chi connectivity index (χ1v) is 6.49. The van der Waals surface area contributed by atoms with Crippen LogP contribution in [0.2, 0.25) is 0 Å². The molecule has 0 saturated carbocycles. The highest BCUT2D eigenvalue weighted by Crippen LogP contribution is 2.23. The molecule has 0 amide bonds. The van der Waals surface area contributed by atoms with Crippen molar-refractivity contribution < 1.29 is 5.11 Å². The number of likely N-dealkylation sites (N-methyl/N-ethyl adjacent to an activating group) is 2. The van der Waals surface area contributed by atoms with Crippen molar-refractivity contribution in [1.82, 2.24) is 9.88 Å². The third kappa shape index (κ3) is 2.53. The number of nitrogens with zero attached hydrogens (tertiary/aromatic N) is 3. The van der Waals surface area contributed by atoms with E-state index < -0.39 is 0 Å². The fourth-order valence-corrected chi connectivity index (χ4v) is 2.89. The first-order chi connectivity index (χ1) is 7.70. The lowest BCUT2D eigenvalue weighted by atomic mass is 10.2. The van der Waals surface area contributed by atoms with Gasteiger partial charge < -0.3 is 14.9 Å². The van der Waals surface area contributed by atoms with Crippen LogP contribution < -0.4 is 4.90 Å². The fraction of sp³-hybridized carbons (Fsp3) is 0.727. The fourth-order valence-electron chi connectivity index (χ4n) is 2.15. The zero-order chi connectivity index (χ0) is 11.5. The maximum Gasteiger partial charge on any atom is 0.185 e. The maximum atomic E-state index is 9.00. The Morgan fingerprint density at radius 3 is 3.06 bits per heavy atom. The predicted octanol–water partition coefficient (Wildman–Crippen LogP) is 1.17. The molecular weight excluding hydrogens is 222 g/mol. The summed E-state index contributed by atoms with van der Waals surface area (Å²) in [7, 11) is 4.26. The van der Waals surface area contributed by atoms with Crippen LogP contribution in [0.25, 0.3) is 0 Å². The standard InChI is InChI=1S/C11H19N3OS/c1-13-5-3-4-9(13)7-14(2)11-12-6-10(8-15)16-11/h6,9,15H,3-5,7-8H2,1-2H3. The molecule has 1 aliphatic rings. The van der Waals surface area contributed by atoms with Gasteiger partial charge >= 0.3 is 0 Å². The third-order valence-corrected chi connectivity index (χ3v) is 4.28. The zero-order valence-corrected chi connectivity index (χ0v) is 10.7. The largest absolute Gasteiger partial charge is 0.391 e. The van der Waals surface area contributed by atoms with Gasteiger partial charge in [0.25, 0.3) is 0 Å². The van der Waals surface area contributed by atoms with E-state index in [2.05, 4.69) is 28.9 Å². The Morgan fingerprint density at radius 1 is 1.69 bits per heavy atom. The van der Waals surface area contributed by atoms with E-state index in [-0.39, 0.29) is 6.61 Å². The molecule has 0 aliphatic carbocycles. The number of aromatic nitrogens is 1. The van der Waals surface area contributed by atoms with Gasteiger partial charge in [-0.05, 0) is 26.4 Å². The van der Waals surface area contributed by atoms with Gasteiger partial charge in [-0.15, -0.1) is 0 Å². The predicted molar refractivity (Wildman–Crippen MR) is 67.0 cm³/mol. The van der Waals surface area contributed by atoms with Crippen LogP contribution in [0.1, 0.15) is 17.7 Å². The second-order valence-electron chi connectivity index (χ2n) is 4.42. The molecule has 1 aromatic rings. The lowest BCUT2D eigenvalue weighted by Crippen LogP contribution is -2.36. The van der Waals surface area contributed by atoms with E-state index in [1.807, 2.05) is 0 Å². The van der Waals surface area contributed by atoms with Crippen LogP contribution in [0.5, 0.6) is 0 Å². The van der Waals surface area contributed by atoms with Gasteiger partial charge in [-0.1, -0.05) is 11.3 Å². The summed E-state index contributed by atoms with van der Waals surface area (Å²) in [5.41, 5.74) is 0. The summed E-state index contributed by atoms with van der Waals surface area (Å²) in [4.78, 5) is 9.86. The Morgan fingerprint density at radius 2 is 2.50 bits per heavy atom. The molecule has 1 N–H and O–H groups in total. The van der Waals surface area contributed by atoms with Crippen molar-refractivity contribution in [2.45, 2.75) is 25.5 Å². The highest BCUT2D eigenvalue weighted by Gasteiger charge is 2.22. The summed E-state index contributed by atoms with van der Waals surface area (Å²) < 4.78 is 0. The highest BCUT2D eigenvalue weighted by molar-refractivity contribution is 7.15. The third-order valence-electron chi connectivity index (χ3n) is 3.18. The van der Waals surface area contributed by atoms with Gasteiger partial charge in [-0.25, -0.2) is 4.98 Å². The Labute approximate surface area is 101 Å². The molecule has 1 aliphatic heterocycles. The van der Waals surface area contributed by atoms with Crippen LogP contribution in [-0.2, 0) is 6.61 Å². The minimum atomic E-state index is 0.0921. The SMILES string of the molecule is CN(CC1CCCN1C)c1ncc(CO)s1. The minimum Gasteiger partial charge on any atom is -0.391 e. The smallest absolute Gasteiger partial charge is 0.185 e. The zero-order valence-electron chi connectivity index (χ0n) is 9.89. The molecular formula is C11H19N3OS. The van der Waals surface area contributed by atoms with Crippen molar-refractivity contribution in [3.8, 4) is 0 Å². The van der Waals surface area contributed by atoms with Gasteiger partial charge in [0.1, 0.15) is 0 Å². The van der Waals surface area contributed by atoms with Crippen molar-refractivity contribution in [3.05, 3.63) is 11.1 Å². The summed E-state index contributed by atoms with van der Waals surface area (Å²) in [5, 5.41) is 10.0. The Balaban J connectivity index is 1.94. The molecule has 1 aromatic heterocycles. The van der Waals surface area contributed by atoms with E-state index in [9.17, 15) is 0 Å². The number of likely N-dealkylation sites (tertiary alicyclic amines) is 1. The second-order valence-corrected chi connectivity index (χ2v) is 5.52. The van der Waals surface area contributed by atoms with E-state index in [0.717, 1.165) is 16.6 Å². The number of rotatable bonds is 4. The average Bonchev–Trinajstić information content (AvgIpc) is 2.88. The van der Waals surface area contributed by atoms with Gasteiger partial charge in [-0.3, -0.25) is 0 Å². The molecule has 5 heteroatoms. The monoisotopic (exact) mass is 241 g/mol. The van der Waals surface area contributed by atoms with E-state index in [0.29, 0.717) is 6.04 Å². The molecule has 16 heavy (non-hydrogen) atoms. The Kier molecular flexibility index (Phi) is 3.78. The molecule has 90 valence electrons. The van der Waals surface area contributed by atoms with Crippen LogP contribution in [0.15, 0.2) is 6.20 Å².